The molecule has 2 heterocycles. The van der Waals surface area contributed by atoms with Gasteiger partial charge in [-0.1, -0.05) is 38.3 Å². The average molecular weight is 432 g/mol. The van der Waals surface area contributed by atoms with E-state index < -0.39 is 0 Å². The van der Waals surface area contributed by atoms with Crippen LogP contribution < -0.4 is 5.32 Å². The molecule has 0 saturated carbocycles. The fraction of sp³-hybridized carbons (Fsp3) is 0.429. The molecule has 2 aromatic heterocycles. The smallest absolute Gasteiger partial charge is 0.309 e. The molecule has 30 heavy (non-hydrogen) atoms. The zero-order chi connectivity index (χ0) is 21.7. The lowest BCUT2D eigenvalue weighted by Gasteiger charge is -2.13. The molecule has 0 aliphatic carbocycles. The Kier molecular flexibility index (Phi) is 7.10. The van der Waals surface area contributed by atoms with Crippen LogP contribution in [0.25, 0.3) is 17.0 Å². The van der Waals surface area contributed by atoms with Gasteiger partial charge in [0.05, 0.1) is 11.6 Å². The number of aromatic amines is 1. The number of carbonyl (C=O) groups excluding carboxylic acids is 2. The summed E-state index contributed by atoms with van der Waals surface area (Å²) in [5.74, 6) is -0.221. The van der Waals surface area contributed by atoms with Gasteiger partial charge in [-0.15, -0.1) is 9.73 Å². The highest BCUT2D eigenvalue weighted by molar-refractivity contribution is 6.34. The van der Waals surface area contributed by atoms with Gasteiger partial charge in [-0.2, -0.15) is 5.10 Å². The Morgan fingerprint density at radius 1 is 1.23 bits per heavy atom. The van der Waals surface area contributed by atoms with Crippen LogP contribution in [0.2, 0.25) is 5.02 Å². The second-order valence-electron chi connectivity index (χ2n) is 7.19. The first-order valence-corrected chi connectivity index (χ1v) is 10.5. The minimum Gasteiger partial charge on any atom is -0.455 e. The standard InChI is InChI=1S/C21H26ClN5O3/c1-4-6-7-14(5-2)21(29)30-12-17(28)23-16-10-8-15(9-11-16)19-24-20-18(22)13(3)25-27(20)26-19/h8-11,14H,4-7,12H2,1-3H3,(H,23,28)(H,24,26). The van der Waals surface area contributed by atoms with Crippen molar-refractivity contribution < 1.29 is 14.3 Å². The number of H-pyrrole nitrogens is 1. The molecule has 3 aromatic rings. The summed E-state index contributed by atoms with van der Waals surface area (Å²) in [4.78, 5) is 27.4. The second kappa shape index (κ2) is 9.75. The molecule has 1 amide bonds. The van der Waals surface area contributed by atoms with Crippen LogP contribution >= 0.6 is 11.6 Å². The molecule has 160 valence electrons. The summed E-state index contributed by atoms with van der Waals surface area (Å²) in [7, 11) is 0. The van der Waals surface area contributed by atoms with E-state index in [9.17, 15) is 9.59 Å². The second-order valence-corrected chi connectivity index (χ2v) is 7.57. The van der Waals surface area contributed by atoms with E-state index in [0.29, 0.717) is 34.3 Å². The summed E-state index contributed by atoms with van der Waals surface area (Å²) in [6, 6.07) is 7.14. The molecule has 1 aromatic carbocycles. The Morgan fingerprint density at radius 2 is 1.97 bits per heavy atom. The number of nitrogens with zero attached hydrogens (tertiary/aromatic N) is 3. The summed E-state index contributed by atoms with van der Waals surface area (Å²) in [5.41, 5.74) is 2.76. The van der Waals surface area contributed by atoms with Gasteiger partial charge in [-0.3, -0.25) is 9.59 Å². The number of benzene rings is 1. The summed E-state index contributed by atoms with van der Waals surface area (Å²) >= 11 is 6.19. The van der Waals surface area contributed by atoms with Crippen LogP contribution in [0, 0.1) is 12.8 Å². The maximum atomic E-state index is 12.1. The van der Waals surface area contributed by atoms with E-state index in [1.807, 2.05) is 26.0 Å². The third-order valence-corrected chi connectivity index (χ3v) is 5.37. The summed E-state index contributed by atoms with van der Waals surface area (Å²) in [5, 5.41) is 11.9. The number of nitrogens with one attached hydrogen (secondary N) is 2. The van der Waals surface area contributed by atoms with Crippen molar-refractivity contribution in [3.8, 4) is 11.4 Å². The molecule has 0 bridgehead atoms. The average Bonchev–Trinajstić information content (AvgIpc) is 3.26. The highest BCUT2D eigenvalue weighted by atomic mass is 35.5. The van der Waals surface area contributed by atoms with Crippen LogP contribution in [0.4, 0.5) is 5.69 Å². The maximum absolute atomic E-state index is 12.1. The number of rotatable bonds is 9. The number of halogens is 1. The van der Waals surface area contributed by atoms with Crippen molar-refractivity contribution in [2.24, 2.45) is 5.92 Å². The molecule has 1 atom stereocenters. The van der Waals surface area contributed by atoms with Crippen LogP contribution in [0.1, 0.15) is 45.2 Å². The number of esters is 1. The summed E-state index contributed by atoms with van der Waals surface area (Å²) in [6.07, 6.45) is 3.50. The van der Waals surface area contributed by atoms with Gasteiger partial charge in [0.25, 0.3) is 5.91 Å². The first-order chi connectivity index (χ1) is 14.4. The van der Waals surface area contributed by atoms with Crippen molar-refractivity contribution >= 4 is 34.8 Å². The topological polar surface area (TPSA) is 101 Å². The van der Waals surface area contributed by atoms with E-state index in [2.05, 4.69) is 27.4 Å². The molecule has 0 aliphatic heterocycles. The SMILES string of the molecule is CCCCC(CC)C(=O)OCC(=O)Nc1ccc(-c2nn3nc(C)c(Cl)c3[nH]2)cc1. The number of amides is 1. The van der Waals surface area contributed by atoms with Crippen molar-refractivity contribution in [3.05, 3.63) is 35.0 Å². The van der Waals surface area contributed by atoms with E-state index in [1.165, 1.54) is 4.63 Å². The number of hydrogen-bond donors (Lipinski definition) is 2. The Hall–Kier alpha value is -2.87. The van der Waals surface area contributed by atoms with Crippen LogP contribution in [0.5, 0.6) is 0 Å². The summed E-state index contributed by atoms with van der Waals surface area (Å²) < 4.78 is 6.64. The van der Waals surface area contributed by atoms with Gasteiger partial charge in [-0.05, 0) is 44.0 Å². The quantitative estimate of drug-likeness (QED) is 0.489. The molecule has 9 heteroatoms. The molecule has 1 unspecified atom stereocenters. The fourth-order valence-electron chi connectivity index (χ4n) is 3.14. The molecule has 0 radical (unpaired) electrons. The minimum atomic E-state index is -0.375. The van der Waals surface area contributed by atoms with Crippen molar-refractivity contribution in [1.29, 1.82) is 0 Å². The van der Waals surface area contributed by atoms with Crippen molar-refractivity contribution in [2.75, 3.05) is 11.9 Å². The molecular weight excluding hydrogens is 406 g/mol. The number of ether oxygens (including phenoxy) is 1. The van der Waals surface area contributed by atoms with Crippen LogP contribution in [-0.4, -0.2) is 38.3 Å². The lowest BCUT2D eigenvalue weighted by molar-refractivity contribution is -0.151. The van der Waals surface area contributed by atoms with Crippen LogP contribution in [-0.2, 0) is 14.3 Å². The first kappa shape index (κ1) is 21.8. The Morgan fingerprint density at radius 3 is 2.60 bits per heavy atom. The number of aromatic nitrogens is 4. The van der Waals surface area contributed by atoms with E-state index in [1.54, 1.807) is 12.1 Å². The molecule has 3 rings (SSSR count). The zero-order valence-corrected chi connectivity index (χ0v) is 18.1. The Labute approximate surface area is 179 Å². The molecule has 0 spiro atoms. The normalized spacial score (nSPS) is 12.1. The van der Waals surface area contributed by atoms with Crippen molar-refractivity contribution in [2.45, 2.75) is 46.5 Å². The van der Waals surface area contributed by atoms with Crippen molar-refractivity contribution in [3.63, 3.8) is 0 Å². The number of anilines is 1. The predicted molar refractivity (Wildman–Crippen MR) is 115 cm³/mol. The predicted octanol–water partition coefficient (Wildman–Crippen LogP) is 4.38. The Balaban J connectivity index is 1.55. The highest BCUT2D eigenvalue weighted by Crippen LogP contribution is 2.24. The summed E-state index contributed by atoms with van der Waals surface area (Å²) in [6.45, 7) is 5.55. The van der Waals surface area contributed by atoms with Crippen LogP contribution in [0.15, 0.2) is 24.3 Å². The molecule has 2 N–H and O–H groups in total. The third-order valence-electron chi connectivity index (χ3n) is 4.92. The molecule has 8 nitrogen and oxygen atoms in total. The monoisotopic (exact) mass is 431 g/mol. The van der Waals surface area contributed by atoms with Gasteiger partial charge in [0, 0.05) is 11.3 Å². The Bertz CT molecular complexity index is 1030. The number of fused-ring (bicyclic) bond motifs is 1. The third kappa shape index (κ3) is 4.99. The van der Waals surface area contributed by atoms with Crippen LogP contribution in [0.3, 0.4) is 0 Å². The number of unbranched alkanes of at least 4 members (excludes halogenated alkanes) is 1. The number of carbonyl (C=O) groups is 2. The van der Waals surface area contributed by atoms with Gasteiger partial charge in [0.2, 0.25) is 0 Å². The highest BCUT2D eigenvalue weighted by Gasteiger charge is 2.18. The fourth-order valence-corrected chi connectivity index (χ4v) is 3.30. The number of hydrogen-bond acceptors (Lipinski definition) is 5. The van der Waals surface area contributed by atoms with E-state index in [4.69, 9.17) is 16.3 Å². The molecule has 0 aliphatic rings. The molecule has 0 saturated heterocycles. The van der Waals surface area contributed by atoms with Gasteiger partial charge in [-0.25, -0.2) is 0 Å². The van der Waals surface area contributed by atoms with E-state index in [-0.39, 0.29) is 24.4 Å². The van der Waals surface area contributed by atoms with Gasteiger partial charge in [0.15, 0.2) is 18.1 Å². The van der Waals surface area contributed by atoms with Gasteiger partial charge < -0.3 is 15.0 Å². The van der Waals surface area contributed by atoms with Crippen molar-refractivity contribution in [1.82, 2.24) is 19.8 Å². The van der Waals surface area contributed by atoms with Gasteiger partial charge in [0.1, 0.15) is 5.02 Å². The van der Waals surface area contributed by atoms with E-state index in [0.717, 1.165) is 24.8 Å². The largest absolute Gasteiger partial charge is 0.455 e. The maximum Gasteiger partial charge on any atom is 0.309 e. The van der Waals surface area contributed by atoms with Gasteiger partial charge >= 0.3 is 5.97 Å². The molecule has 0 fully saturated rings. The minimum absolute atomic E-state index is 0.149. The molecular formula is C21H26ClN5O3. The lowest BCUT2D eigenvalue weighted by Crippen LogP contribution is -2.24. The lowest BCUT2D eigenvalue weighted by atomic mass is 10.00. The zero-order valence-electron chi connectivity index (χ0n) is 17.4. The first-order valence-electron chi connectivity index (χ1n) is 10.1. The number of aryl methyl sites for hydroxylation is 1. The van der Waals surface area contributed by atoms with E-state index >= 15 is 0 Å².